The van der Waals surface area contributed by atoms with Gasteiger partial charge in [-0.3, -0.25) is 0 Å². The molecule has 0 aliphatic rings. The number of carbonyl (C=O) groups is 1. The van der Waals surface area contributed by atoms with Crippen molar-refractivity contribution < 1.29 is 18.3 Å². The van der Waals surface area contributed by atoms with Crippen LogP contribution in [0.5, 0.6) is 0 Å². The van der Waals surface area contributed by atoms with Gasteiger partial charge in [0.1, 0.15) is 0 Å². The summed E-state index contributed by atoms with van der Waals surface area (Å²) in [4.78, 5) is 11.6. The number of halogens is 2. The Morgan fingerprint density at radius 2 is 1.95 bits per heavy atom. The maximum absolute atomic E-state index is 13.6. The number of ether oxygens (including phenoxy) is 1. The summed E-state index contributed by atoms with van der Waals surface area (Å²) in [7, 11) is 1.22. The Morgan fingerprint density at radius 3 is 2.65 bits per heavy atom. The number of anilines is 3. The second-order valence-electron chi connectivity index (χ2n) is 4.02. The van der Waals surface area contributed by atoms with E-state index >= 15 is 0 Å². The van der Waals surface area contributed by atoms with Gasteiger partial charge in [-0.25, -0.2) is 13.6 Å². The summed E-state index contributed by atoms with van der Waals surface area (Å²) in [6, 6.07) is 8.14. The molecule has 0 fully saturated rings. The topological polar surface area (TPSA) is 64.3 Å². The summed E-state index contributed by atoms with van der Waals surface area (Å²) in [5.41, 5.74) is 6.28. The molecule has 0 saturated heterocycles. The molecule has 2 rings (SSSR count). The Morgan fingerprint density at radius 1 is 1.20 bits per heavy atom. The molecule has 6 heteroatoms. The van der Waals surface area contributed by atoms with E-state index in [1.165, 1.54) is 37.4 Å². The normalized spacial score (nSPS) is 10.2. The van der Waals surface area contributed by atoms with E-state index in [1.807, 2.05) is 0 Å². The zero-order valence-corrected chi connectivity index (χ0v) is 10.6. The fourth-order valence-corrected chi connectivity index (χ4v) is 1.70. The molecule has 0 atom stereocenters. The molecule has 0 aliphatic heterocycles. The molecule has 0 aliphatic carbocycles. The van der Waals surface area contributed by atoms with E-state index in [1.54, 1.807) is 0 Å². The largest absolute Gasteiger partial charge is 0.465 e. The maximum atomic E-state index is 13.6. The number of nitrogen functional groups attached to an aromatic ring is 1. The highest BCUT2D eigenvalue weighted by Crippen LogP contribution is 2.26. The van der Waals surface area contributed by atoms with Gasteiger partial charge in [-0.15, -0.1) is 0 Å². The van der Waals surface area contributed by atoms with Crippen LogP contribution in [0, 0.1) is 11.6 Å². The maximum Gasteiger partial charge on any atom is 0.340 e. The number of hydrogen-bond donors (Lipinski definition) is 2. The van der Waals surface area contributed by atoms with Crippen molar-refractivity contribution in [1.29, 1.82) is 0 Å². The fourth-order valence-electron chi connectivity index (χ4n) is 1.70. The van der Waals surface area contributed by atoms with Gasteiger partial charge in [0.2, 0.25) is 0 Å². The predicted molar refractivity (Wildman–Crippen MR) is 71.8 cm³/mol. The number of esters is 1. The SMILES string of the molecule is COC(=O)c1cc(N)ccc1Nc1cccc(F)c1F. The second-order valence-corrected chi connectivity index (χ2v) is 4.02. The first kappa shape index (κ1) is 13.8. The van der Waals surface area contributed by atoms with Gasteiger partial charge in [0.15, 0.2) is 11.6 Å². The molecule has 4 nitrogen and oxygen atoms in total. The first-order chi connectivity index (χ1) is 9.52. The van der Waals surface area contributed by atoms with Gasteiger partial charge < -0.3 is 15.8 Å². The standard InChI is InChI=1S/C14H12F2N2O2/c1-20-14(19)9-7-8(17)5-6-11(9)18-12-4-2-3-10(15)13(12)16/h2-7,18H,17H2,1H3. The molecular weight excluding hydrogens is 266 g/mol. The molecule has 3 N–H and O–H groups in total. The van der Waals surface area contributed by atoms with Gasteiger partial charge in [0, 0.05) is 5.69 Å². The molecule has 0 spiro atoms. The highest BCUT2D eigenvalue weighted by atomic mass is 19.2. The van der Waals surface area contributed by atoms with Crippen molar-refractivity contribution in [3.8, 4) is 0 Å². The number of rotatable bonds is 3. The molecule has 0 unspecified atom stereocenters. The van der Waals surface area contributed by atoms with Crippen molar-refractivity contribution in [2.45, 2.75) is 0 Å². The number of benzene rings is 2. The lowest BCUT2D eigenvalue weighted by Crippen LogP contribution is -2.07. The minimum absolute atomic E-state index is 0.0834. The van der Waals surface area contributed by atoms with E-state index in [9.17, 15) is 13.6 Å². The van der Waals surface area contributed by atoms with Crippen LogP contribution < -0.4 is 11.1 Å². The molecule has 0 aromatic heterocycles. The summed E-state index contributed by atoms with van der Waals surface area (Å²) in [5.74, 6) is -2.64. The minimum Gasteiger partial charge on any atom is -0.465 e. The average Bonchev–Trinajstić information content (AvgIpc) is 2.44. The Labute approximate surface area is 114 Å². The van der Waals surface area contributed by atoms with Crippen LogP contribution in [0.3, 0.4) is 0 Å². The van der Waals surface area contributed by atoms with E-state index in [0.717, 1.165) is 6.07 Å². The Kier molecular flexibility index (Phi) is 3.84. The highest BCUT2D eigenvalue weighted by Gasteiger charge is 2.15. The van der Waals surface area contributed by atoms with Gasteiger partial charge in [-0.05, 0) is 30.3 Å². The Hall–Kier alpha value is -2.63. The third-order valence-corrected chi connectivity index (χ3v) is 2.67. The average molecular weight is 278 g/mol. The smallest absolute Gasteiger partial charge is 0.340 e. The first-order valence-corrected chi connectivity index (χ1v) is 5.72. The van der Waals surface area contributed by atoms with Gasteiger partial charge in [0.25, 0.3) is 0 Å². The molecular formula is C14H12F2N2O2. The summed E-state index contributed by atoms with van der Waals surface area (Å²) in [5, 5.41) is 2.65. The van der Waals surface area contributed by atoms with Crippen LogP contribution in [0.4, 0.5) is 25.8 Å². The monoisotopic (exact) mass is 278 g/mol. The van der Waals surface area contributed by atoms with Gasteiger partial charge in [-0.2, -0.15) is 0 Å². The van der Waals surface area contributed by atoms with Crippen molar-refractivity contribution in [2.24, 2.45) is 0 Å². The predicted octanol–water partition coefficient (Wildman–Crippen LogP) is 3.08. The summed E-state index contributed by atoms with van der Waals surface area (Å²) < 4.78 is 31.4. The third-order valence-electron chi connectivity index (χ3n) is 2.67. The minimum atomic E-state index is -1.03. The van der Waals surface area contributed by atoms with Gasteiger partial charge in [-0.1, -0.05) is 6.07 Å². The number of methoxy groups -OCH3 is 1. The number of nitrogens with one attached hydrogen (secondary N) is 1. The summed E-state index contributed by atoms with van der Waals surface area (Å²) in [6.07, 6.45) is 0. The van der Waals surface area contributed by atoms with Crippen LogP contribution in [0.25, 0.3) is 0 Å². The lowest BCUT2D eigenvalue weighted by atomic mass is 10.1. The number of nitrogens with two attached hydrogens (primary N) is 1. The molecule has 0 bridgehead atoms. The molecule has 0 radical (unpaired) electrons. The van der Waals surface area contributed by atoms with Crippen molar-refractivity contribution in [3.05, 3.63) is 53.6 Å². The Bertz CT molecular complexity index is 660. The molecule has 20 heavy (non-hydrogen) atoms. The lowest BCUT2D eigenvalue weighted by molar-refractivity contribution is 0.0602. The van der Waals surface area contributed by atoms with Crippen molar-refractivity contribution in [1.82, 2.24) is 0 Å². The summed E-state index contributed by atoms with van der Waals surface area (Å²) >= 11 is 0. The van der Waals surface area contributed by atoms with Crippen LogP contribution in [-0.2, 0) is 4.74 Å². The third kappa shape index (κ3) is 2.69. The van der Waals surface area contributed by atoms with Gasteiger partial charge in [0.05, 0.1) is 24.0 Å². The van der Waals surface area contributed by atoms with Crippen LogP contribution in [-0.4, -0.2) is 13.1 Å². The molecule has 0 saturated carbocycles. The fraction of sp³-hybridized carbons (Fsp3) is 0.0714. The van der Waals surface area contributed by atoms with Crippen LogP contribution in [0.2, 0.25) is 0 Å². The van der Waals surface area contributed by atoms with Crippen LogP contribution in [0.1, 0.15) is 10.4 Å². The van der Waals surface area contributed by atoms with Crippen molar-refractivity contribution >= 4 is 23.0 Å². The second kappa shape index (κ2) is 5.56. The van der Waals surface area contributed by atoms with E-state index in [4.69, 9.17) is 5.73 Å². The van der Waals surface area contributed by atoms with Crippen molar-refractivity contribution in [2.75, 3.05) is 18.2 Å². The molecule has 2 aromatic carbocycles. The Balaban J connectivity index is 2.43. The molecule has 0 heterocycles. The number of carbonyl (C=O) groups excluding carboxylic acids is 1. The van der Waals surface area contributed by atoms with E-state index in [0.29, 0.717) is 5.69 Å². The van der Waals surface area contributed by atoms with Gasteiger partial charge >= 0.3 is 5.97 Å². The lowest BCUT2D eigenvalue weighted by Gasteiger charge is -2.12. The summed E-state index contributed by atoms with van der Waals surface area (Å²) in [6.45, 7) is 0. The van der Waals surface area contributed by atoms with Crippen LogP contribution >= 0.6 is 0 Å². The van der Waals surface area contributed by atoms with Crippen molar-refractivity contribution in [3.63, 3.8) is 0 Å². The van der Waals surface area contributed by atoms with E-state index in [-0.39, 0.29) is 16.9 Å². The molecule has 104 valence electrons. The first-order valence-electron chi connectivity index (χ1n) is 5.72. The van der Waals surface area contributed by atoms with Crippen LogP contribution in [0.15, 0.2) is 36.4 Å². The zero-order valence-electron chi connectivity index (χ0n) is 10.6. The highest BCUT2D eigenvalue weighted by molar-refractivity contribution is 5.97. The quantitative estimate of drug-likeness (QED) is 0.669. The van der Waals surface area contributed by atoms with E-state index in [2.05, 4.69) is 10.1 Å². The number of hydrogen-bond acceptors (Lipinski definition) is 4. The zero-order chi connectivity index (χ0) is 14.7. The molecule has 0 amide bonds. The molecule has 2 aromatic rings. The van der Waals surface area contributed by atoms with E-state index < -0.39 is 17.6 Å².